The molecule has 112 valence electrons. The zero-order chi connectivity index (χ0) is 15.1. The van der Waals surface area contributed by atoms with Crippen molar-refractivity contribution in [3.8, 4) is 0 Å². The molecule has 3 aromatic rings. The molecular formula is C16H14FIN4. The molecule has 0 amide bonds. The Bertz CT molecular complexity index is 828. The van der Waals surface area contributed by atoms with Gasteiger partial charge in [0.15, 0.2) is 0 Å². The van der Waals surface area contributed by atoms with Gasteiger partial charge >= 0.3 is 0 Å². The van der Waals surface area contributed by atoms with E-state index in [0.717, 1.165) is 33.3 Å². The van der Waals surface area contributed by atoms with Crippen molar-refractivity contribution in [3.63, 3.8) is 0 Å². The molecule has 22 heavy (non-hydrogen) atoms. The molecule has 6 heteroatoms. The van der Waals surface area contributed by atoms with Crippen LogP contribution in [0.15, 0.2) is 36.8 Å². The molecule has 1 aromatic carbocycles. The largest absolute Gasteiger partial charge is 0.349 e. The van der Waals surface area contributed by atoms with Crippen molar-refractivity contribution in [1.29, 1.82) is 0 Å². The summed E-state index contributed by atoms with van der Waals surface area (Å²) in [5.41, 5.74) is 1.52. The summed E-state index contributed by atoms with van der Waals surface area (Å²) < 4.78 is 15.1. The van der Waals surface area contributed by atoms with Crippen LogP contribution in [0.3, 0.4) is 0 Å². The Kier molecular flexibility index (Phi) is 3.48. The summed E-state index contributed by atoms with van der Waals surface area (Å²) in [5, 5.41) is 0.986. The van der Waals surface area contributed by atoms with Crippen molar-refractivity contribution in [2.75, 3.05) is 4.90 Å². The van der Waals surface area contributed by atoms with E-state index in [1.54, 1.807) is 12.4 Å². The van der Waals surface area contributed by atoms with Gasteiger partial charge in [-0.15, -0.1) is 0 Å². The molecule has 0 radical (unpaired) electrons. The number of benzene rings is 1. The average Bonchev–Trinajstić information content (AvgIpc) is 3.22. The Labute approximate surface area is 140 Å². The minimum absolute atomic E-state index is 0.156. The number of H-pyrrole nitrogens is 1. The second kappa shape index (κ2) is 5.49. The van der Waals surface area contributed by atoms with Crippen molar-refractivity contribution in [1.82, 2.24) is 15.0 Å². The second-order valence-electron chi connectivity index (χ2n) is 5.53. The van der Waals surface area contributed by atoms with Crippen LogP contribution < -0.4 is 4.90 Å². The molecule has 1 aliphatic rings. The van der Waals surface area contributed by atoms with Crippen molar-refractivity contribution in [2.24, 2.45) is 0 Å². The van der Waals surface area contributed by atoms with E-state index in [-0.39, 0.29) is 5.82 Å². The van der Waals surface area contributed by atoms with E-state index in [4.69, 9.17) is 0 Å². The predicted molar refractivity (Wildman–Crippen MR) is 92.2 cm³/mol. The first-order chi connectivity index (χ1) is 10.7. The quantitative estimate of drug-likeness (QED) is 0.667. The van der Waals surface area contributed by atoms with Gasteiger partial charge in [0.05, 0.1) is 5.39 Å². The van der Waals surface area contributed by atoms with Gasteiger partial charge in [0, 0.05) is 27.9 Å². The molecule has 0 aliphatic heterocycles. The topological polar surface area (TPSA) is 44.8 Å². The van der Waals surface area contributed by atoms with Gasteiger partial charge in [0.25, 0.3) is 0 Å². The monoisotopic (exact) mass is 408 g/mol. The first kappa shape index (κ1) is 13.9. The predicted octanol–water partition coefficient (Wildman–Crippen LogP) is 3.87. The number of halogens is 2. The number of nitrogens with one attached hydrogen (secondary N) is 1. The lowest BCUT2D eigenvalue weighted by Crippen LogP contribution is -2.26. The highest BCUT2D eigenvalue weighted by Gasteiger charge is 2.31. The summed E-state index contributed by atoms with van der Waals surface area (Å²) in [7, 11) is 0. The van der Waals surface area contributed by atoms with Gasteiger partial charge in [-0.1, -0.05) is 6.07 Å². The molecule has 0 spiro atoms. The fourth-order valence-corrected chi connectivity index (χ4v) is 3.14. The summed E-state index contributed by atoms with van der Waals surface area (Å²) in [5.74, 6) is 0.726. The summed E-state index contributed by atoms with van der Waals surface area (Å²) in [6.07, 6.45) is 5.68. The molecule has 0 unspecified atom stereocenters. The number of anilines is 1. The molecule has 2 aromatic heterocycles. The van der Waals surface area contributed by atoms with E-state index < -0.39 is 0 Å². The summed E-state index contributed by atoms with van der Waals surface area (Å²) >= 11 is 2.13. The molecule has 1 N–H and O–H groups in total. The minimum atomic E-state index is -0.156. The van der Waals surface area contributed by atoms with Gasteiger partial charge in [0.1, 0.15) is 23.6 Å². The van der Waals surface area contributed by atoms with E-state index in [0.29, 0.717) is 18.2 Å². The summed E-state index contributed by atoms with van der Waals surface area (Å²) in [4.78, 5) is 14.0. The van der Waals surface area contributed by atoms with E-state index in [9.17, 15) is 4.39 Å². The SMILES string of the molecule is Fc1cc(I)ccc1CN(c1ncnc2[nH]ccc12)C1CC1. The zero-order valence-electron chi connectivity index (χ0n) is 11.8. The fourth-order valence-electron chi connectivity index (χ4n) is 2.68. The maximum absolute atomic E-state index is 14.2. The standard InChI is InChI=1S/C16H14FIN4/c17-14-7-11(18)2-1-10(14)8-22(12-3-4-12)16-13-5-6-19-15(13)20-9-21-16/h1-2,5-7,9,12H,3-4,8H2,(H,19,20,21). The number of hydrogen-bond acceptors (Lipinski definition) is 3. The first-order valence-electron chi connectivity index (χ1n) is 7.21. The van der Waals surface area contributed by atoms with Crippen molar-refractivity contribution < 1.29 is 4.39 Å². The molecular weight excluding hydrogens is 394 g/mol. The Morgan fingerprint density at radius 1 is 1.27 bits per heavy atom. The number of aromatic nitrogens is 3. The molecule has 1 aliphatic carbocycles. The molecule has 4 nitrogen and oxygen atoms in total. The second-order valence-corrected chi connectivity index (χ2v) is 6.78. The maximum Gasteiger partial charge on any atom is 0.142 e. The van der Waals surface area contributed by atoms with Crippen molar-refractivity contribution >= 4 is 39.4 Å². The summed E-state index contributed by atoms with van der Waals surface area (Å²) in [6.45, 7) is 0.532. The Morgan fingerprint density at radius 3 is 2.91 bits per heavy atom. The van der Waals surface area contributed by atoms with Gasteiger partial charge in [0.2, 0.25) is 0 Å². The van der Waals surface area contributed by atoms with Gasteiger partial charge in [-0.05, 0) is 53.6 Å². The van der Waals surface area contributed by atoms with Crippen LogP contribution in [0.1, 0.15) is 18.4 Å². The van der Waals surface area contributed by atoms with E-state index in [1.165, 1.54) is 0 Å². The molecule has 4 rings (SSSR count). The molecule has 2 heterocycles. The molecule has 1 saturated carbocycles. The zero-order valence-corrected chi connectivity index (χ0v) is 13.9. The smallest absolute Gasteiger partial charge is 0.142 e. The summed E-state index contributed by atoms with van der Waals surface area (Å²) in [6, 6.07) is 7.79. The van der Waals surface area contributed by atoms with Gasteiger partial charge in [-0.3, -0.25) is 0 Å². The lowest BCUT2D eigenvalue weighted by molar-refractivity contribution is 0.602. The third-order valence-electron chi connectivity index (χ3n) is 3.95. The lowest BCUT2D eigenvalue weighted by atomic mass is 10.2. The van der Waals surface area contributed by atoms with Crippen LogP contribution in [-0.2, 0) is 6.54 Å². The molecule has 0 saturated heterocycles. The molecule has 1 fully saturated rings. The highest BCUT2D eigenvalue weighted by Crippen LogP contribution is 2.35. The Hall–Kier alpha value is -1.70. The van der Waals surface area contributed by atoms with Gasteiger partial charge in [-0.25, -0.2) is 14.4 Å². The highest BCUT2D eigenvalue weighted by atomic mass is 127. The number of aromatic amines is 1. The van der Waals surface area contributed by atoms with Crippen LogP contribution in [0.5, 0.6) is 0 Å². The van der Waals surface area contributed by atoms with Crippen LogP contribution in [0.4, 0.5) is 10.2 Å². The number of hydrogen-bond donors (Lipinski definition) is 1. The van der Waals surface area contributed by atoms with Crippen molar-refractivity contribution in [3.05, 3.63) is 51.7 Å². The number of fused-ring (bicyclic) bond motifs is 1. The lowest BCUT2D eigenvalue weighted by Gasteiger charge is -2.24. The van der Waals surface area contributed by atoms with Gasteiger partial charge < -0.3 is 9.88 Å². The number of rotatable bonds is 4. The third-order valence-corrected chi connectivity index (χ3v) is 4.62. The van der Waals surface area contributed by atoms with E-state index in [1.807, 2.05) is 24.4 Å². The van der Waals surface area contributed by atoms with Crippen LogP contribution in [-0.4, -0.2) is 21.0 Å². The minimum Gasteiger partial charge on any atom is -0.349 e. The van der Waals surface area contributed by atoms with E-state index in [2.05, 4.69) is 42.4 Å². The van der Waals surface area contributed by atoms with Crippen LogP contribution >= 0.6 is 22.6 Å². The van der Waals surface area contributed by atoms with Gasteiger partial charge in [-0.2, -0.15) is 0 Å². The Balaban J connectivity index is 1.74. The molecule has 0 bridgehead atoms. The third kappa shape index (κ3) is 2.55. The maximum atomic E-state index is 14.2. The normalized spacial score (nSPS) is 14.5. The van der Waals surface area contributed by atoms with Crippen molar-refractivity contribution in [2.45, 2.75) is 25.4 Å². The van der Waals surface area contributed by atoms with Crippen LogP contribution in [0.2, 0.25) is 0 Å². The first-order valence-corrected chi connectivity index (χ1v) is 8.29. The average molecular weight is 408 g/mol. The van der Waals surface area contributed by atoms with Crippen LogP contribution in [0.25, 0.3) is 11.0 Å². The fraction of sp³-hybridized carbons (Fsp3) is 0.250. The number of nitrogens with zero attached hydrogens (tertiary/aromatic N) is 3. The van der Waals surface area contributed by atoms with E-state index >= 15 is 0 Å². The van der Waals surface area contributed by atoms with Crippen LogP contribution in [0, 0.1) is 9.39 Å². The highest BCUT2D eigenvalue weighted by molar-refractivity contribution is 14.1. The Morgan fingerprint density at radius 2 is 2.14 bits per heavy atom. The molecule has 0 atom stereocenters.